The number of thiol groups is 2. The van der Waals surface area contributed by atoms with Crippen molar-refractivity contribution in [3.8, 4) is 0 Å². The smallest absolute Gasteiger partial charge is 0.327 e. The molecule has 0 bridgehead atoms. The lowest BCUT2D eigenvalue weighted by Crippen LogP contribution is -2.64. The first-order valence-corrected chi connectivity index (χ1v) is 29.2. The molecule has 0 aliphatic carbocycles. The number of carbonyl (C=O) groups is 9. The lowest BCUT2D eigenvalue weighted by molar-refractivity contribution is -0.155. The van der Waals surface area contributed by atoms with Crippen LogP contribution in [0.4, 0.5) is 0 Å². The second-order valence-electron chi connectivity index (χ2n) is 20.5. The van der Waals surface area contributed by atoms with Gasteiger partial charge in [-0.2, -0.15) is 25.3 Å². The molecule has 25 heteroatoms. The molecule has 4 aromatic carbocycles. The summed E-state index contributed by atoms with van der Waals surface area (Å²) in [6.07, 6.45) is 4.09. The lowest BCUT2D eigenvalue weighted by atomic mass is 9.98. The number of aromatic nitrogens is 3. The van der Waals surface area contributed by atoms with Crippen LogP contribution in [-0.4, -0.2) is 150 Å². The van der Waals surface area contributed by atoms with E-state index in [4.69, 9.17) is 22.9 Å². The van der Waals surface area contributed by atoms with Crippen LogP contribution in [0.25, 0.3) is 10.9 Å². The monoisotopic (exact) mass is 1200 g/mol. The predicted molar refractivity (Wildman–Crippen MR) is 327 cm³/mol. The van der Waals surface area contributed by atoms with Crippen molar-refractivity contribution in [1.82, 2.24) is 46.0 Å². The minimum absolute atomic E-state index is 0.0257. The number of carboxylic acids is 1. The maximum absolute atomic E-state index is 15.4. The van der Waals surface area contributed by atoms with Gasteiger partial charge in [-0.3, -0.25) is 47.8 Å². The summed E-state index contributed by atoms with van der Waals surface area (Å²) in [5.74, 6) is -8.40. The van der Waals surface area contributed by atoms with Crippen LogP contribution in [0.2, 0.25) is 0 Å². The molecule has 15 N–H and O–H groups in total. The van der Waals surface area contributed by atoms with Gasteiger partial charge in [0.2, 0.25) is 41.4 Å². The van der Waals surface area contributed by atoms with Crippen molar-refractivity contribution >= 4 is 89.4 Å². The molecule has 6 aromatic rings. The standard InChI is InChI=1S/C60H75N13O10S2/c1-2-42(62)58(80)73(51(28-38-20-10-5-11-21-38)56(78)71-50(34-85)60(82)83)59(81)46(24-14-15-25-61)67-55(77)49(29-39-31-65-45-23-13-12-22-41(39)45)70-54(76)48(27-37-18-8-4-9-19-37)69-53(75)47(26-36-16-6-3-7-17-36)68-52(74)43(63)30-40-32-72(35-66-40)57(79)44(64)33-84/h3-13,16-23,31-32,35,42-44,46-51,65,84-85H,2,14-15,24-30,33-34,61-64H2,1H3,(H,67,77)(H,68,74)(H,69,75)(H,70,76)(H,71,78)(H,82,83)/t42?,43-,44-,46-,47-,48-,49+,50-,51-/m0/s1. The molecule has 6 rings (SSSR count). The van der Waals surface area contributed by atoms with Crippen LogP contribution in [0.3, 0.4) is 0 Å². The number of benzene rings is 4. The third-order valence-electron chi connectivity index (χ3n) is 14.2. The Morgan fingerprint density at radius 3 is 1.61 bits per heavy atom. The summed E-state index contributed by atoms with van der Waals surface area (Å²) < 4.78 is 1.18. The van der Waals surface area contributed by atoms with E-state index in [0.29, 0.717) is 50.2 Å². The zero-order valence-corrected chi connectivity index (χ0v) is 48.8. The SMILES string of the molecule is CCC(N)C(=O)N(C(=O)[C@H](CCCCN)NC(=O)[C@@H](Cc1c[nH]c2ccccc12)NC(=O)[C@H](Cc1ccccc1)NC(=O)[C@H](Cc1ccccc1)NC(=O)[C@@H](N)Cc1cn(C(=O)[C@@H](N)CS)cn1)[C@@H](Cc1ccccc1)C(=O)N[C@@H](CS)C(=O)O. The highest BCUT2D eigenvalue weighted by Gasteiger charge is 2.42. The molecular weight excluding hydrogens is 1130 g/mol. The molecule has 0 aliphatic rings. The Morgan fingerprint density at radius 2 is 1.08 bits per heavy atom. The number of hydrogen-bond donors (Lipinski definition) is 13. The molecule has 9 atom stereocenters. The van der Waals surface area contributed by atoms with E-state index in [2.05, 4.69) is 61.8 Å². The molecule has 0 spiro atoms. The van der Waals surface area contributed by atoms with Gasteiger partial charge in [0.25, 0.3) is 5.91 Å². The fraction of sp³-hybridized carbons (Fsp3) is 0.367. The number of nitrogens with zero attached hydrogens (tertiary/aromatic N) is 3. The highest BCUT2D eigenvalue weighted by Crippen LogP contribution is 2.22. The minimum Gasteiger partial charge on any atom is -0.480 e. The zero-order chi connectivity index (χ0) is 61.6. The van der Waals surface area contributed by atoms with Crippen molar-refractivity contribution < 1.29 is 48.3 Å². The van der Waals surface area contributed by atoms with Crippen molar-refractivity contribution in [1.29, 1.82) is 0 Å². The Hall–Kier alpha value is -8.20. The van der Waals surface area contributed by atoms with Gasteiger partial charge in [0.05, 0.1) is 23.8 Å². The summed E-state index contributed by atoms with van der Waals surface area (Å²) >= 11 is 8.20. The number of amides is 7. The Kier molecular flexibility index (Phi) is 25.4. The number of H-pyrrole nitrogens is 1. The third-order valence-corrected chi connectivity index (χ3v) is 15.0. The van der Waals surface area contributed by atoms with E-state index in [1.54, 1.807) is 110 Å². The Balaban J connectivity index is 1.36. The first-order chi connectivity index (χ1) is 40.8. The molecule has 0 saturated heterocycles. The van der Waals surface area contributed by atoms with Gasteiger partial charge < -0.3 is 59.6 Å². The lowest BCUT2D eigenvalue weighted by Gasteiger charge is -2.35. The number of nitrogens with two attached hydrogens (primary N) is 4. The third kappa shape index (κ3) is 18.9. The number of imide groups is 1. The molecule has 1 unspecified atom stereocenters. The number of fused-ring (bicyclic) bond motifs is 1. The van der Waals surface area contributed by atoms with Gasteiger partial charge >= 0.3 is 5.97 Å². The van der Waals surface area contributed by atoms with Crippen molar-refractivity contribution in [2.45, 2.75) is 119 Å². The van der Waals surface area contributed by atoms with Crippen LogP contribution in [0, 0.1) is 0 Å². The fourth-order valence-corrected chi connectivity index (χ4v) is 9.80. The van der Waals surface area contributed by atoms with Crippen LogP contribution < -0.4 is 49.5 Å². The molecular formula is C60H75N13O10S2. The maximum atomic E-state index is 15.4. The Morgan fingerprint density at radius 1 is 0.576 bits per heavy atom. The predicted octanol–water partition coefficient (Wildman–Crippen LogP) is 1.13. The van der Waals surface area contributed by atoms with E-state index in [9.17, 15) is 33.9 Å². The van der Waals surface area contributed by atoms with Gasteiger partial charge in [-0.25, -0.2) is 9.78 Å². The molecule has 2 heterocycles. The number of imidazole rings is 1. The van der Waals surface area contributed by atoms with E-state index < -0.39 is 108 Å². The molecule has 0 radical (unpaired) electrons. The topological polar surface area (TPSA) is 375 Å². The first-order valence-electron chi connectivity index (χ1n) is 27.9. The first kappa shape index (κ1) is 65.9. The molecule has 2 aromatic heterocycles. The van der Waals surface area contributed by atoms with Gasteiger partial charge in [0, 0.05) is 66.9 Å². The van der Waals surface area contributed by atoms with Crippen molar-refractivity contribution in [3.05, 3.63) is 162 Å². The highest BCUT2D eigenvalue weighted by atomic mass is 32.1. The fourth-order valence-electron chi connectivity index (χ4n) is 9.40. The molecule has 85 heavy (non-hydrogen) atoms. The Labute approximate surface area is 503 Å². The molecule has 452 valence electrons. The van der Waals surface area contributed by atoms with Crippen molar-refractivity contribution in [3.63, 3.8) is 0 Å². The number of aromatic amines is 1. The molecule has 0 saturated carbocycles. The minimum atomic E-state index is -1.68. The van der Waals surface area contributed by atoms with E-state index in [0.717, 1.165) is 0 Å². The van der Waals surface area contributed by atoms with Gasteiger partial charge in [-0.1, -0.05) is 116 Å². The van der Waals surface area contributed by atoms with Crippen molar-refractivity contribution in [2.75, 3.05) is 18.1 Å². The van der Waals surface area contributed by atoms with E-state index in [1.807, 2.05) is 18.2 Å². The van der Waals surface area contributed by atoms with Crippen LogP contribution in [0.1, 0.15) is 65.3 Å². The highest BCUT2D eigenvalue weighted by molar-refractivity contribution is 7.80. The number of carbonyl (C=O) groups excluding carboxylic acids is 8. The average Bonchev–Trinajstić information content (AvgIpc) is 3.42. The van der Waals surface area contributed by atoms with Gasteiger partial charge in [-0.15, -0.1) is 0 Å². The zero-order valence-electron chi connectivity index (χ0n) is 47.1. The molecule has 0 fully saturated rings. The average molecular weight is 1200 g/mol. The number of unbranched alkanes of at least 4 members (excludes halogenated alkanes) is 1. The number of hydrogen-bond acceptors (Lipinski definition) is 16. The molecule has 23 nitrogen and oxygen atoms in total. The van der Waals surface area contributed by atoms with E-state index in [1.165, 1.54) is 17.1 Å². The summed E-state index contributed by atoms with van der Waals surface area (Å²) in [7, 11) is 0. The number of rotatable bonds is 32. The Bertz CT molecular complexity index is 3220. The summed E-state index contributed by atoms with van der Waals surface area (Å²) in [4.78, 5) is 136. The van der Waals surface area contributed by atoms with Crippen LogP contribution in [0.5, 0.6) is 0 Å². The van der Waals surface area contributed by atoms with Gasteiger partial charge in [0.15, 0.2) is 0 Å². The number of aliphatic carboxylic acids is 1. The summed E-state index contributed by atoms with van der Waals surface area (Å²) in [5.41, 5.74) is 27.9. The number of nitrogens with one attached hydrogen (secondary N) is 6. The largest absolute Gasteiger partial charge is 0.480 e. The summed E-state index contributed by atoms with van der Waals surface area (Å²) in [6.45, 7) is 1.80. The quantitative estimate of drug-likeness (QED) is 0.0208. The number of para-hydroxylation sites is 1. The second-order valence-corrected chi connectivity index (χ2v) is 21.3. The van der Waals surface area contributed by atoms with Crippen molar-refractivity contribution in [2.24, 2.45) is 22.9 Å². The van der Waals surface area contributed by atoms with Gasteiger partial charge in [0.1, 0.15) is 42.6 Å². The van der Waals surface area contributed by atoms with E-state index in [-0.39, 0.29) is 69.4 Å². The van der Waals surface area contributed by atoms with Crippen LogP contribution in [-0.2, 0) is 70.5 Å². The normalized spacial score (nSPS) is 14.4. The van der Waals surface area contributed by atoms with E-state index >= 15 is 14.4 Å². The summed E-state index contributed by atoms with van der Waals surface area (Å²) in [5, 5.41) is 24.3. The number of carboxylic acid groups (broad SMARTS) is 1. The van der Waals surface area contributed by atoms with Crippen LogP contribution in [0.15, 0.2) is 134 Å². The second kappa shape index (κ2) is 32.7. The molecule has 7 amide bonds. The maximum Gasteiger partial charge on any atom is 0.327 e. The van der Waals surface area contributed by atoms with Gasteiger partial charge in [-0.05, 0) is 60.5 Å². The summed E-state index contributed by atoms with van der Waals surface area (Å²) in [6, 6.07) is 20.7. The molecule has 0 aliphatic heterocycles. The van der Waals surface area contributed by atoms with Crippen LogP contribution >= 0.6 is 25.3 Å².